The lowest BCUT2D eigenvalue weighted by Gasteiger charge is -2.13. The smallest absolute Gasteiger partial charge is 0.237 e. The topological polar surface area (TPSA) is 38.3 Å². The summed E-state index contributed by atoms with van der Waals surface area (Å²) >= 11 is 1.53. The van der Waals surface area contributed by atoms with Crippen LogP contribution in [0.15, 0.2) is 53.4 Å². The van der Waals surface area contributed by atoms with E-state index in [0.717, 1.165) is 21.9 Å². The number of para-hydroxylation sites is 1. The number of aryl methyl sites for hydroxylation is 1. The van der Waals surface area contributed by atoms with Gasteiger partial charge in [0.25, 0.3) is 0 Å². The zero-order valence-corrected chi connectivity index (χ0v) is 13.2. The van der Waals surface area contributed by atoms with E-state index in [9.17, 15) is 4.79 Å². The zero-order valence-electron chi connectivity index (χ0n) is 12.4. The molecule has 3 nitrogen and oxygen atoms in total. The summed E-state index contributed by atoms with van der Waals surface area (Å²) in [5.41, 5.74) is 1.93. The van der Waals surface area contributed by atoms with E-state index < -0.39 is 0 Å². The van der Waals surface area contributed by atoms with E-state index in [2.05, 4.69) is 5.32 Å². The summed E-state index contributed by atoms with van der Waals surface area (Å²) < 4.78 is 5.13. The van der Waals surface area contributed by atoms with Crippen LogP contribution in [0.4, 0.5) is 5.69 Å². The van der Waals surface area contributed by atoms with Crippen LogP contribution in [0.2, 0.25) is 0 Å². The highest BCUT2D eigenvalue weighted by Crippen LogP contribution is 2.26. The minimum absolute atomic E-state index is 0.00474. The van der Waals surface area contributed by atoms with Crippen molar-refractivity contribution in [3.05, 3.63) is 54.1 Å². The van der Waals surface area contributed by atoms with Gasteiger partial charge in [-0.05, 0) is 49.7 Å². The molecule has 0 bridgehead atoms. The number of hydrogen-bond acceptors (Lipinski definition) is 3. The van der Waals surface area contributed by atoms with Gasteiger partial charge in [0.05, 0.1) is 12.4 Å². The molecule has 0 unspecified atom stereocenters. The number of carbonyl (C=O) groups excluding carboxylic acids is 1. The first-order valence-corrected chi connectivity index (χ1v) is 7.65. The zero-order chi connectivity index (χ0) is 15.2. The Morgan fingerprint density at radius 2 is 1.81 bits per heavy atom. The summed E-state index contributed by atoms with van der Waals surface area (Å²) in [6, 6.07) is 15.5. The summed E-state index contributed by atoms with van der Waals surface area (Å²) in [6.07, 6.45) is 0. The molecule has 0 aliphatic heterocycles. The first-order valence-electron chi connectivity index (χ1n) is 6.77. The van der Waals surface area contributed by atoms with Crippen molar-refractivity contribution in [2.45, 2.75) is 24.0 Å². The minimum atomic E-state index is -0.169. The van der Waals surface area contributed by atoms with Crippen LogP contribution in [0.25, 0.3) is 0 Å². The number of methoxy groups -OCH3 is 1. The Morgan fingerprint density at radius 1 is 1.14 bits per heavy atom. The summed E-state index contributed by atoms with van der Waals surface area (Å²) in [7, 11) is 1.64. The number of thioether (sulfide) groups is 1. The molecule has 0 heterocycles. The predicted octanol–water partition coefficient (Wildman–Crippen LogP) is 4.12. The molecular formula is C17H19NO2S. The highest BCUT2D eigenvalue weighted by Gasteiger charge is 2.15. The molecule has 1 amide bonds. The average molecular weight is 301 g/mol. The molecule has 0 saturated carbocycles. The molecule has 2 rings (SSSR count). The summed E-state index contributed by atoms with van der Waals surface area (Å²) in [4.78, 5) is 13.3. The summed E-state index contributed by atoms with van der Waals surface area (Å²) in [5, 5.41) is 2.80. The Hall–Kier alpha value is -1.94. The Labute approximate surface area is 129 Å². The molecule has 0 aliphatic rings. The maximum atomic E-state index is 12.2. The van der Waals surface area contributed by atoms with Gasteiger partial charge >= 0.3 is 0 Å². The molecule has 21 heavy (non-hydrogen) atoms. The largest absolute Gasteiger partial charge is 0.497 e. The van der Waals surface area contributed by atoms with Gasteiger partial charge in [-0.1, -0.05) is 18.2 Å². The molecule has 0 aliphatic carbocycles. The second-order valence-corrected chi connectivity index (χ2v) is 6.15. The monoisotopic (exact) mass is 301 g/mol. The highest BCUT2D eigenvalue weighted by molar-refractivity contribution is 8.00. The third-order valence-electron chi connectivity index (χ3n) is 3.14. The number of nitrogens with one attached hydrogen (secondary N) is 1. The van der Waals surface area contributed by atoms with Gasteiger partial charge < -0.3 is 10.1 Å². The Balaban J connectivity index is 1.97. The molecule has 1 N–H and O–H groups in total. The van der Waals surface area contributed by atoms with Gasteiger partial charge in [-0.25, -0.2) is 0 Å². The predicted molar refractivity (Wildman–Crippen MR) is 88.1 cm³/mol. The Bertz CT molecular complexity index is 610. The molecule has 0 spiro atoms. The number of anilines is 1. The Morgan fingerprint density at radius 3 is 2.43 bits per heavy atom. The maximum Gasteiger partial charge on any atom is 0.237 e. The second-order valence-electron chi connectivity index (χ2n) is 4.74. The number of hydrogen-bond donors (Lipinski definition) is 1. The van der Waals surface area contributed by atoms with Crippen LogP contribution in [0.1, 0.15) is 12.5 Å². The van der Waals surface area contributed by atoms with Gasteiger partial charge in [0.15, 0.2) is 0 Å². The minimum Gasteiger partial charge on any atom is -0.497 e. The van der Waals surface area contributed by atoms with Crippen LogP contribution in [0, 0.1) is 6.92 Å². The van der Waals surface area contributed by atoms with E-state index in [1.165, 1.54) is 11.8 Å². The van der Waals surface area contributed by atoms with E-state index in [1.54, 1.807) is 7.11 Å². The van der Waals surface area contributed by atoms with Gasteiger partial charge in [-0.2, -0.15) is 0 Å². The normalized spacial score (nSPS) is 11.8. The highest BCUT2D eigenvalue weighted by atomic mass is 32.2. The van der Waals surface area contributed by atoms with Gasteiger partial charge in [0.1, 0.15) is 5.75 Å². The SMILES string of the molecule is COc1ccc(S[C@@H](C)C(=O)Nc2ccccc2C)cc1. The summed E-state index contributed by atoms with van der Waals surface area (Å²) in [6.45, 7) is 3.89. The van der Waals surface area contributed by atoms with Crippen molar-refractivity contribution >= 4 is 23.4 Å². The van der Waals surface area contributed by atoms with Gasteiger partial charge in [0, 0.05) is 10.6 Å². The third-order valence-corrected chi connectivity index (χ3v) is 4.26. The van der Waals surface area contributed by atoms with E-state index >= 15 is 0 Å². The molecule has 110 valence electrons. The molecule has 0 saturated heterocycles. The quantitative estimate of drug-likeness (QED) is 0.844. The van der Waals surface area contributed by atoms with Crippen LogP contribution in [-0.4, -0.2) is 18.3 Å². The number of rotatable bonds is 5. The lowest BCUT2D eigenvalue weighted by Crippen LogP contribution is -2.22. The molecule has 1 atom stereocenters. The van der Waals surface area contributed by atoms with Gasteiger partial charge in [0.2, 0.25) is 5.91 Å². The van der Waals surface area contributed by atoms with Crippen molar-refractivity contribution < 1.29 is 9.53 Å². The van der Waals surface area contributed by atoms with E-state index in [4.69, 9.17) is 4.74 Å². The number of ether oxygens (including phenoxy) is 1. The van der Waals surface area contributed by atoms with Crippen LogP contribution in [0.5, 0.6) is 5.75 Å². The maximum absolute atomic E-state index is 12.2. The van der Waals surface area contributed by atoms with Crippen molar-refractivity contribution in [1.82, 2.24) is 0 Å². The van der Waals surface area contributed by atoms with E-state index in [-0.39, 0.29) is 11.2 Å². The average Bonchev–Trinajstić information content (AvgIpc) is 2.50. The van der Waals surface area contributed by atoms with E-state index in [1.807, 2.05) is 62.4 Å². The van der Waals surface area contributed by atoms with Crippen LogP contribution < -0.4 is 10.1 Å². The standard InChI is InChI=1S/C17H19NO2S/c1-12-6-4-5-7-16(12)18-17(19)13(2)21-15-10-8-14(20-3)9-11-15/h4-11,13H,1-3H3,(H,18,19)/t13-/m0/s1. The van der Waals surface area contributed by atoms with Crippen molar-refractivity contribution in [3.63, 3.8) is 0 Å². The number of amides is 1. The molecular weight excluding hydrogens is 282 g/mol. The number of carbonyl (C=O) groups is 1. The first kappa shape index (κ1) is 15.4. The Kier molecular flexibility index (Phi) is 5.28. The molecule has 0 aromatic heterocycles. The van der Waals surface area contributed by atoms with Gasteiger partial charge in [-0.15, -0.1) is 11.8 Å². The van der Waals surface area contributed by atoms with E-state index in [0.29, 0.717) is 0 Å². The fraction of sp³-hybridized carbons (Fsp3) is 0.235. The summed E-state index contributed by atoms with van der Waals surface area (Å²) in [5.74, 6) is 0.821. The van der Waals surface area contributed by atoms with Crippen LogP contribution in [-0.2, 0) is 4.79 Å². The van der Waals surface area contributed by atoms with Gasteiger partial charge in [-0.3, -0.25) is 4.79 Å². The van der Waals surface area contributed by atoms with Crippen LogP contribution in [0.3, 0.4) is 0 Å². The first-order chi connectivity index (χ1) is 10.1. The van der Waals surface area contributed by atoms with Crippen molar-refractivity contribution in [1.29, 1.82) is 0 Å². The molecule has 0 radical (unpaired) electrons. The second kappa shape index (κ2) is 7.18. The lowest BCUT2D eigenvalue weighted by atomic mass is 10.2. The van der Waals surface area contributed by atoms with Crippen molar-refractivity contribution in [2.75, 3.05) is 12.4 Å². The molecule has 2 aromatic rings. The lowest BCUT2D eigenvalue weighted by molar-refractivity contribution is -0.115. The molecule has 2 aromatic carbocycles. The fourth-order valence-corrected chi connectivity index (χ4v) is 2.73. The fourth-order valence-electron chi connectivity index (χ4n) is 1.86. The van der Waals surface area contributed by atoms with Crippen molar-refractivity contribution in [2.24, 2.45) is 0 Å². The number of benzene rings is 2. The van der Waals surface area contributed by atoms with Crippen molar-refractivity contribution in [3.8, 4) is 5.75 Å². The molecule has 4 heteroatoms. The third kappa shape index (κ3) is 4.26. The van der Waals surface area contributed by atoms with Crippen LogP contribution >= 0.6 is 11.8 Å². The molecule has 0 fully saturated rings.